The summed E-state index contributed by atoms with van der Waals surface area (Å²) in [6.07, 6.45) is 1.46. The van der Waals surface area contributed by atoms with Gasteiger partial charge in [0.1, 0.15) is 5.82 Å². The average molecular weight is 278 g/mol. The zero-order valence-corrected chi connectivity index (χ0v) is 11.4. The van der Waals surface area contributed by atoms with Crippen LogP contribution in [0, 0.1) is 11.7 Å². The fourth-order valence-electron chi connectivity index (χ4n) is 2.20. The summed E-state index contributed by atoms with van der Waals surface area (Å²) < 4.78 is 13.9. The second kappa shape index (κ2) is 6.69. The molecule has 0 fully saturated rings. The summed E-state index contributed by atoms with van der Waals surface area (Å²) in [6.45, 7) is 0.529. The van der Waals surface area contributed by atoms with Crippen molar-refractivity contribution < 1.29 is 4.39 Å². The van der Waals surface area contributed by atoms with Gasteiger partial charge in [-0.05, 0) is 42.5 Å². The third kappa shape index (κ3) is 3.79. The molecule has 1 atom stereocenters. The minimum atomic E-state index is -0.323. The summed E-state index contributed by atoms with van der Waals surface area (Å²) >= 11 is 5.79. The quantitative estimate of drug-likeness (QED) is 0.883. The van der Waals surface area contributed by atoms with Crippen LogP contribution >= 0.6 is 11.6 Å². The molecule has 100 valence electrons. The predicted octanol–water partition coefficient (Wildman–Crippen LogP) is 3.84. The Labute approximate surface area is 118 Å². The molecule has 0 heterocycles. The number of hydrogen-bond acceptors (Lipinski definition) is 1. The van der Waals surface area contributed by atoms with Crippen LogP contribution in [0.25, 0.3) is 0 Å². The summed E-state index contributed by atoms with van der Waals surface area (Å²) in [5, 5.41) is 0.174. The van der Waals surface area contributed by atoms with Gasteiger partial charge in [-0.3, -0.25) is 0 Å². The van der Waals surface area contributed by atoms with Crippen LogP contribution in [-0.2, 0) is 12.8 Å². The van der Waals surface area contributed by atoms with Gasteiger partial charge < -0.3 is 5.73 Å². The average Bonchev–Trinajstić information content (AvgIpc) is 2.44. The van der Waals surface area contributed by atoms with Gasteiger partial charge in [-0.1, -0.05) is 54.1 Å². The van der Waals surface area contributed by atoms with Crippen LogP contribution in [0.3, 0.4) is 0 Å². The molecule has 0 aliphatic heterocycles. The van der Waals surface area contributed by atoms with E-state index in [0.29, 0.717) is 18.5 Å². The Morgan fingerprint density at radius 2 is 1.74 bits per heavy atom. The molecule has 2 aromatic carbocycles. The minimum absolute atomic E-state index is 0.174. The summed E-state index contributed by atoms with van der Waals surface area (Å²) in [7, 11) is 0. The Bertz CT molecular complexity index is 528. The highest BCUT2D eigenvalue weighted by Gasteiger charge is 2.13. The third-order valence-corrected chi connectivity index (χ3v) is 3.53. The van der Waals surface area contributed by atoms with Gasteiger partial charge >= 0.3 is 0 Å². The first-order valence-electron chi connectivity index (χ1n) is 6.37. The zero-order chi connectivity index (χ0) is 13.7. The maximum atomic E-state index is 13.9. The summed E-state index contributed by atoms with van der Waals surface area (Å²) in [5.74, 6) is -0.106. The number of benzene rings is 2. The lowest BCUT2D eigenvalue weighted by atomic mass is 9.92. The first-order valence-corrected chi connectivity index (χ1v) is 6.75. The van der Waals surface area contributed by atoms with Gasteiger partial charge in [0.15, 0.2) is 0 Å². The van der Waals surface area contributed by atoms with E-state index in [1.165, 1.54) is 5.56 Å². The van der Waals surface area contributed by atoms with Gasteiger partial charge in [0.05, 0.1) is 5.02 Å². The highest BCUT2D eigenvalue weighted by atomic mass is 35.5. The van der Waals surface area contributed by atoms with Gasteiger partial charge in [-0.2, -0.15) is 0 Å². The molecule has 3 heteroatoms. The predicted molar refractivity (Wildman–Crippen MR) is 77.8 cm³/mol. The molecule has 1 nitrogen and oxygen atoms in total. The molecule has 19 heavy (non-hydrogen) atoms. The molecule has 0 aliphatic rings. The first kappa shape index (κ1) is 14.0. The lowest BCUT2D eigenvalue weighted by Crippen LogP contribution is -2.20. The second-order valence-corrected chi connectivity index (χ2v) is 5.12. The molecule has 2 N–H and O–H groups in total. The fourth-order valence-corrected chi connectivity index (χ4v) is 2.40. The van der Waals surface area contributed by atoms with Crippen molar-refractivity contribution in [2.24, 2.45) is 11.7 Å². The molecule has 0 amide bonds. The van der Waals surface area contributed by atoms with E-state index < -0.39 is 0 Å². The molecular formula is C16H17ClFN. The summed E-state index contributed by atoms with van der Waals surface area (Å²) in [4.78, 5) is 0. The van der Waals surface area contributed by atoms with Crippen molar-refractivity contribution in [3.8, 4) is 0 Å². The molecule has 0 saturated heterocycles. The second-order valence-electron chi connectivity index (χ2n) is 4.71. The standard InChI is InChI=1S/C16H17ClFN/c17-15-8-4-7-14(16(15)18)10-13(11-19)9-12-5-2-1-3-6-12/h1-8,13H,9-11,19H2. The minimum Gasteiger partial charge on any atom is -0.330 e. The zero-order valence-electron chi connectivity index (χ0n) is 10.7. The van der Waals surface area contributed by atoms with Crippen LogP contribution in [0.1, 0.15) is 11.1 Å². The molecule has 0 bridgehead atoms. The molecule has 1 unspecified atom stereocenters. The largest absolute Gasteiger partial charge is 0.330 e. The van der Waals surface area contributed by atoms with Crippen LogP contribution in [-0.4, -0.2) is 6.54 Å². The van der Waals surface area contributed by atoms with Crippen molar-refractivity contribution in [2.45, 2.75) is 12.8 Å². The molecule has 2 aromatic rings. The molecule has 0 spiro atoms. The topological polar surface area (TPSA) is 26.0 Å². The first-order chi connectivity index (χ1) is 9.20. The number of halogens is 2. The van der Waals surface area contributed by atoms with Crippen molar-refractivity contribution >= 4 is 11.6 Å². The van der Waals surface area contributed by atoms with E-state index in [2.05, 4.69) is 12.1 Å². The van der Waals surface area contributed by atoms with Gasteiger partial charge in [0, 0.05) is 0 Å². The number of nitrogens with two attached hydrogens (primary N) is 1. The monoisotopic (exact) mass is 277 g/mol. The van der Waals surface area contributed by atoms with Crippen molar-refractivity contribution in [1.82, 2.24) is 0 Å². The van der Waals surface area contributed by atoms with Gasteiger partial charge in [0.25, 0.3) is 0 Å². The number of rotatable bonds is 5. The normalized spacial score (nSPS) is 12.4. The van der Waals surface area contributed by atoms with E-state index in [-0.39, 0.29) is 16.8 Å². The molecule has 2 rings (SSSR count). The van der Waals surface area contributed by atoms with Crippen LogP contribution in [0.4, 0.5) is 4.39 Å². The van der Waals surface area contributed by atoms with Crippen molar-refractivity contribution in [1.29, 1.82) is 0 Å². The van der Waals surface area contributed by atoms with E-state index >= 15 is 0 Å². The molecule has 0 aliphatic carbocycles. The Morgan fingerprint density at radius 3 is 2.42 bits per heavy atom. The van der Waals surface area contributed by atoms with Gasteiger partial charge in [0.2, 0.25) is 0 Å². The van der Waals surface area contributed by atoms with Gasteiger partial charge in [-0.25, -0.2) is 4.39 Å². The molecule has 0 radical (unpaired) electrons. The van der Waals surface area contributed by atoms with Crippen molar-refractivity contribution in [3.63, 3.8) is 0 Å². The van der Waals surface area contributed by atoms with Crippen LogP contribution in [0.15, 0.2) is 48.5 Å². The van der Waals surface area contributed by atoms with E-state index in [1.807, 2.05) is 18.2 Å². The van der Waals surface area contributed by atoms with Crippen LogP contribution < -0.4 is 5.73 Å². The van der Waals surface area contributed by atoms with Gasteiger partial charge in [-0.15, -0.1) is 0 Å². The van der Waals surface area contributed by atoms with E-state index in [4.69, 9.17) is 17.3 Å². The number of hydrogen-bond donors (Lipinski definition) is 1. The fraction of sp³-hybridized carbons (Fsp3) is 0.250. The third-order valence-electron chi connectivity index (χ3n) is 3.24. The summed E-state index contributed by atoms with van der Waals surface area (Å²) in [6, 6.07) is 15.2. The van der Waals surface area contributed by atoms with Crippen LogP contribution in [0.2, 0.25) is 5.02 Å². The molecule has 0 aromatic heterocycles. The maximum Gasteiger partial charge on any atom is 0.144 e. The van der Waals surface area contributed by atoms with E-state index in [1.54, 1.807) is 18.2 Å². The lowest BCUT2D eigenvalue weighted by Gasteiger charge is -2.15. The highest BCUT2D eigenvalue weighted by Crippen LogP contribution is 2.21. The Kier molecular flexibility index (Phi) is 4.94. The SMILES string of the molecule is NCC(Cc1ccccc1)Cc1cccc(Cl)c1F. The summed E-state index contributed by atoms with van der Waals surface area (Å²) in [5.41, 5.74) is 7.66. The Balaban J connectivity index is 2.09. The lowest BCUT2D eigenvalue weighted by molar-refractivity contribution is 0.512. The Morgan fingerprint density at radius 1 is 1.00 bits per heavy atom. The maximum absolute atomic E-state index is 13.9. The Hall–Kier alpha value is -1.38. The van der Waals surface area contributed by atoms with Crippen molar-refractivity contribution in [3.05, 3.63) is 70.5 Å². The van der Waals surface area contributed by atoms with Crippen LogP contribution in [0.5, 0.6) is 0 Å². The van der Waals surface area contributed by atoms with Crippen molar-refractivity contribution in [2.75, 3.05) is 6.54 Å². The molecular weight excluding hydrogens is 261 g/mol. The van der Waals surface area contributed by atoms with E-state index in [0.717, 1.165) is 6.42 Å². The highest BCUT2D eigenvalue weighted by molar-refractivity contribution is 6.30. The van der Waals surface area contributed by atoms with E-state index in [9.17, 15) is 4.39 Å². The smallest absolute Gasteiger partial charge is 0.144 e. The molecule has 0 saturated carbocycles.